The molecule has 1 unspecified atom stereocenters. The number of likely N-dealkylation sites (tertiary alicyclic amines) is 1. The van der Waals surface area contributed by atoms with Crippen molar-refractivity contribution in [3.8, 4) is 17.2 Å². The molecule has 4 rings (SSSR count). The lowest BCUT2D eigenvalue weighted by molar-refractivity contribution is -0.139. The lowest BCUT2D eigenvalue weighted by Crippen LogP contribution is -2.31. The number of Topliss-reactive ketones (excluding diaryl/α,β-unsaturated/α-hetero) is 1. The molecule has 1 fully saturated rings. The fraction of sp³-hybridized carbons (Fsp3) is 0.241. The molecule has 1 heterocycles. The SMILES string of the molecule is CCOc1cccc(/C(O)=C2/C(=O)C(=O)N(CCc3ccc(OC)cc3)C2c2ccc(OC)cc2)c1. The third-order valence-electron chi connectivity index (χ3n) is 6.19. The summed E-state index contributed by atoms with van der Waals surface area (Å²) in [6, 6.07) is 20.8. The average Bonchev–Trinajstić information content (AvgIpc) is 3.17. The van der Waals surface area contributed by atoms with Crippen LogP contribution in [0.25, 0.3) is 5.76 Å². The molecule has 7 nitrogen and oxygen atoms in total. The van der Waals surface area contributed by atoms with Crippen molar-refractivity contribution in [3.05, 3.63) is 95.1 Å². The number of methoxy groups -OCH3 is 2. The third kappa shape index (κ3) is 5.05. The van der Waals surface area contributed by atoms with E-state index in [2.05, 4.69) is 0 Å². The quantitative estimate of drug-likeness (QED) is 0.266. The minimum atomic E-state index is -0.745. The van der Waals surface area contributed by atoms with Crippen molar-refractivity contribution >= 4 is 17.4 Å². The van der Waals surface area contributed by atoms with Gasteiger partial charge in [0, 0.05) is 12.1 Å². The van der Waals surface area contributed by atoms with Gasteiger partial charge in [0.15, 0.2) is 0 Å². The molecule has 1 amide bonds. The summed E-state index contributed by atoms with van der Waals surface area (Å²) in [6.07, 6.45) is 0.531. The van der Waals surface area contributed by atoms with Crippen LogP contribution in [0.4, 0.5) is 0 Å². The van der Waals surface area contributed by atoms with Gasteiger partial charge in [-0.3, -0.25) is 9.59 Å². The van der Waals surface area contributed by atoms with Gasteiger partial charge in [-0.2, -0.15) is 0 Å². The number of aliphatic hydroxyl groups excluding tert-OH is 1. The van der Waals surface area contributed by atoms with E-state index in [4.69, 9.17) is 14.2 Å². The number of ketones is 1. The number of hydrogen-bond acceptors (Lipinski definition) is 6. The summed E-state index contributed by atoms with van der Waals surface area (Å²) in [7, 11) is 3.18. The summed E-state index contributed by atoms with van der Waals surface area (Å²) in [5.41, 5.74) is 2.16. The van der Waals surface area contributed by atoms with E-state index in [0.29, 0.717) is 42.2 Å². The number of carbonyl (C=O) groups is 2. The zero-order valence-electron chi connectivity index (χ0n) is 20.6. The van der Waals surface area contributed by atoms with Crippen LogP contribution in [0.2, 0.25) is 0 Å². The van der Waals surface area contributed by atoms with Gasteiger partial charge in [-0.25, -0.2) is 0 Å². The van der Waals surface area contributed by atoms with Crippen molar-refractivity contribution in [2.75, 3.05) is 27.4 Å². The number of rotatable bonds is 9. The van der Waals surface area contributed by atoms with Crippen LogP contribution in [0.1, 0.15) is 29.7 Å². The topological polar surface area (TPSA) is 85.3 Å². The maximum absolute atomic E-state index is 13.3. The van der Waals surface area contributed by atoms with Crippen LogP contribution < -0.4 is 14.2 Å². The Morgan fingerprint density at radius 2 is 1.53 bits per heavy atom. The highest BCUT2D eigenvalue weighted by molar-refractivity contribution is 6.46. The summed E-state index contributed by atoms with van der Waals surface area (Å²) in [6.45, 7) is 2.62. The van der Waals surface area contributed by atoms with Crippen LogP contribution in [0, 0.1) is 0 Å². The van der Waals surface area contributed by atoms with Crippen LogP contribution in [-0.4, -0.2) is 49.1 Å². The van der Waals surface area contributed by atoms with Crippen molar-refractivity contribution in [2.24, 2.45) is 0 Å². The van der Waals surface area contributed by atoms with Gasteiger partial charge in [-0.15, -0.1) is 0 Å². The van der Waals surface area contributed by atoms with E-state index in [1.54, 1.807) is 62.8 Å². The van der Waals surface area contributed by atoms with Crippen LogP contribution in [-0.2, 0) is 16.0 Å². The molecule has 0 spiro atoms. The van der Waals surface area contributed by atoms with Gasteiger partial charge in [0.1, 0.15) is 23.0 Å². The Bertz CT molecular complexity index is 1260. The van der Waals surface area contributed by atoms with Gasteiger partial charge in [-0.05, 0) is 60.9 Å². The molecule has 36 heavy (non-hydrogen) atoms. The summed E-state index contributed by atoms with van der Waals surface area (Å²) in [5, 5.41) is 11.3. The van der Waals surface area contributed by atoms with E-state index in [1.807, 2.05) is 31.2 Å². The molecule has 0 bridgehead atoms. The number of amides is 1. The predicted molar refractivity (Wildman–Crippen MR) is 136 cm³/mol. The molecule has 0 radical (unpaired) electrons. The zero-order chi connectivity index (χ0) is 25.7. The highest BCUT2D eigenvalue weighted by Gasteiger charge is 2.45. The molecule has 0 aliphatic carbocycles. The Morgan fingerprint density at radius 1 is 0.889 bits per heavy atom. The minimum Gasteiger partial charge on any atom is -0.507 e. The molecular formula is C29H29NO6. The van der Waals surface area contributed by atoms with Gasteiger partial charge >= 0.3 is 0 Å². The molecule has 0 saturated carbocycles. The van der Waals surface area contributed by atoms with Crippen molar-refractivity contribution in [3.63, 3.8) is 0 Å². The Hall–Kier alpha value is -4.26. The summed E-state index contributed by atoms with van der Waals surface area (Å²) in [5.74, 6) is 0.362. The van der Waals surface area contributed by atoms with Gasteiger partial charge in [0.2, 0.25) is 0 Å². The highest BCUT2D eigenvalue weighted by atomic mass is 16.5. The second-order valence-electron chi connectivity index (χ2n) is 8.32. The Morgan fingerprint density at radius 3 is 2.14 bits per heavy atom. The second kappa shape index (κ2) is 11.0. The minimum absolute atomic E-state index is 0.0496. The fourth-order valence-electron chi connectivity index (χ4n) is 4.34. The molecule has 1 aliphatic rings. The van der Waals surface area contributed by atoms with Crippen LogP contribution >= 0.6 is 0 Å². The number of carbonyl (C=O) groups excluding carboxylic acids is 2. The zero-order valence-corrected chi connectivity index (χ0v) is 20.6. The Kier molecular flexibility index (Phi) is 7.59. The molecule has 1 aliphatic heterocycles. The van der Waals surface area contributed by atoms with Gasteiger partial charge in [-0.1, -0.05) is 36.4 Å². The van der Waals surface area contributed by atoms with E-state index in [-0.39, 0.29) is 11.3 Å². The Labute approximate surface area is 210 Å². The second-order valence-corrected chi connectivity index (χ2v) is 8.32. The van der Waals surface area contributed by atoms with Crippen molar-refractivity contribution < 1.29 is 28.9 Å². The lowest BCUT2D eigenvalue weighted by atomic mass is 9.95. The molecule has 3 aromatic carbocycles. The normalized spacial score (nSPS) is 16.8. The summed E-state index contributed by atoms with van der Waals surface area (Å²) in [4.78, 5) is 28.0. The van der Waals surface area contributed by atoms with E-state index >= 15 is 0 Å². The van der Waals surface area contributed by atoms with Gasteiger partial charge in [0.05, 0.1) is 32.4 Å². The Balaban J connectivity index is 1.74. The third-order valence-corrected chi connectivity index (χ3v) is 6.19. The molecule has 1 atom stereocenters. The van der Waals surface area contributed by atoms with Crippen LogP contribution in [0.15, 0.2) is 78.4 Å². The van der Waals surface area contributed by atoms with Crippen molar-refractivity contribution in [2.45, 2.75) is 19.4 Å². The first-order chi connectivity index (χ1) is 17.5. The number of ether oxygens (including phenoxy) is 3. The van der Waals surface area contributed by atoms with E-state index in [9.17, 15) is 14.7 Å². The van der Waals surface area contributed by atoms with E-state index in [0.717, 1.165) is 11.3 Å². The van der Waals surface area contributed by atoms with Crippen LogP contribution in [0.5, 0.6) is 17.2 Å². The largest absolute Gasteiger partial charge is 0.507 e. The lowest BCUT2D eigenvalue weighted by Gasteiger charge is -2.25. The standard InChI is InChI=1S/C29H29NO6/c1-4-36-24-7-5-6-21(18-24)27(31)25-26(20-10-14-23(35-3)15-11-20)30(29(33)28(25)32)17-16-19-8-12-22(34-2)13-9-19/h5-15,18,26,31H,4,16-17H2,1-3H3/b27-25-. The molecule has 1 N–H and O–H groups in total. The van der Waals surface area contributed by atoms with E-state index < -0.39 is 17.7 Å². The van der Waals surface area contributed by atoms with Crippen molar-refractivity contribution in [1.82, 2.24) is 4.90 Å². The molecule has 1 saturated heterocycles. The number of hydrogen-bond donors (Lipinski definition) is 1. The monoisotopic (exact) mass is 487 g/mol. The first-order valence-electron chi connectivity index (χ1n) is 11.7. The number of benzene rings is 3. The smallest absolute Gasteiger partial charge is 0.295 e. The molecule has 186 valence electrons. The summed E-state index contributed by atoms with van der Waals surface area (Å²) < 4.78 is 16.0. The van der Waals surface area contributed by atoms with Gasteiger partial charge < -0.3 is 24.2 Å². The summed E-state index contributed by atoms with van der Waals surface area (Å²) >= 11 is 0. The maximum atomic E-state index is 13.3. The fourth-order valence-corrected chi connectivity index (χ4v) is 4.34. The first-order valence-corrected chi connectivity index (χ1v) is 11.7. The molecule has 7 heteroatoms. The molecule has 0 aromatic heterocycles. The van der Waals surface area contributed by atoms with Crippen molar-refractivity contribution in [1.29, 1.82) is 0 Å². The highest BCUT2D eigenvalue weighted by Crippen LogP contribution is 2.40. The number of nitrogens with zero attached hydrogens (tertiary/aromatic N) is 1. The maximum Gasteiger partial charge on any atom is 0.295 e. The first kappa shape index (κ1) is 24.9. The number of aliphatic hydroxyl groups is 1. The molecule has 3 aromatic rings. The average molecular weight is 488 g/mol. The van der Waals surface area contributed by atoms with Crippen LogP contribution in [0.3, 0.4) is 0 Å². The van der Waals surface area contributed by atoms with E-state index in [1.165, 1.54) is 4.90 Å². The van der Waals surface area contributed by atoms with Gasteiger partial charge in [0.25, 0.3) is 11.7 Å². The predicted octanol–water partition coefficient (Wildman–Crippen LogP) is 4.77. The molecular weight excluding hydrogens is 458 g/mol.